The van der Waals surface area contributed by atoms with E-state index in [2.05, 4.69) is 26.0 Å². The van der Waals surface area contributed by atoms with E-state index in [9.17, 15) is 0 Å². The van der Waals surface area contributed by atoms with E-state index < -0.39 is 0 Å². The van der Waals surface area contributed by atoms with E-state index in [1.807, 2.05) is 19.1 Å². The minimum absolute atomic E-state index is 0.261. The van der Waals surface area contributed by atoms with Crippen LogP contribution in [0.5, 0.6) is 0 Å². The fourth-order valence-corrected chi connectivity index (χ4v) is 1.68. The number of rotatable bonds is 0. The Hall–Kier alpha value is -0.610. The van der Waals surface area contributed by atoms with Crippen molar-refractivity contribution in [2.45, 2.75) is 6.92 Å². The van der Waals surface area contributed by atoms with Crippen LogP contribution in [0.4, 0.5) is 0 Å². The molecule has 2 heterocycles. The van der Waals surface area contributed by atoms with Crippen LogP contribution in [-0.4, -0.2) is 14.6 Å². The molecular weight excluding hydrogens is 241 g/mol. The number of fused-ring (bicyclic) bond motifs is 1. The second-order valence-electron chi connectivity index (χ2n) is 2.42. The van der Waals surface area contributed by atoms with Crippen molar-refractivity contribution in [3.63, 3.8) is 0 Å². The van der Waals surface area contributed by atoms with E-state index in [1.165, 1.54) is 0 Å². The van der Waals surface area contributed by atoms with Crippen molar-refractivity contribution in [2.24, 2.45) is 0 Å². The van der Waals surface area contributed by atoms with Gasteiger partial charge in [-0.05, 0) is 46.6 Å². The van der Waals surface area contributed by atoms with Gasteiger partial charge in [0.15, 0.2) is 0 Å². The summed E-state index contributed by atoms with van der Waals surface area (Å²) in [6.45, 7) is 1.90. The van der Waals surface area contributed by atoms with E-state index in [0.717, 1.165) is 15.8 Å². The average molecular weight is 246 g/mol. The van der Waals surface area contributed by atoms with Crippen molar-refractivity contribution < 1.29 is 0 Å². The molecular formula is C7H5BrClN3. The highest BCUT2D eigenvalue weighted by molar-refractivity contribution is 9.10. The largest absolute Gasteiger partial charge is 0.241 e. The summed E-state index contributed by atoms with van der Waals surface area (Å²) in [6.07, 6.45) is 0. The Morgan fingerprint density at radius 1 is 1.50 bits per heavy atom. The summed E-state index contributed by atoms with van der Waals surface area (Å²) in [5.41, 5.74) is 1.84. The first-order valence-electron chi connectivity index (χ1n) is 3.36. The predicted octanol–water partition coefficient (Wildman–Crippen LogP) is 2.45. The zero-order valence-corrected chi connectivity index (χ0v) is 8.59. The molecule has 62 valence electrons. The van der Waals surface area contributed by atoms with Gasteiger partial charge in [-0.25, -0.2) is 9.50 Å². The molecule has 2 rings (SSSR count). The van der Waals surface area contributed by atoms with Gasteiger partial charge < -0.3 is 0 Å². The standard InChI is InChI=1S/C7H5BrClN3/c1-4-5-2-3-6(8)12(5)11-7(9)10-4/h2-3H,1H3. The molecule has 0 saturated carbocycles. The summed E-state index contributed by atoms with van der Waals surface area (Å²) < 4.78 is 2.59. The lowest BCUT2D eigenvalue weighted by molar-refractivity contribution is 0.872. The van der Waals surface area contributed by atoms with Gasteiger partial charge in [-0.2, -0.15) is 0 Å². The molecule has 0 spiro atoms. The van der Waals surface area contributed by atoms with Crippen LogP contribution in [0.2, 0.25) is 5.28 Å². The molecule has 2 aromatic heterocycles. The van der Waals surface area contributed by atoms with Gasteiger partial charge in [-0.15, -0.1) is 5.10 Å². The molecule has 0 amide bonds. The van der Waals surface area contributed by atoms with Crippen molar-refractivity contribution in [3.05, 3.63) is 27.7 Å². The zero-order chi connectivity index (χ0) is 8.72. The Kier molecular flexibility index (Phi) is 1.81. The SMILES string of the molecule is Cc1nc(Cl)nn2c(Br)ccc12. The molecule has 0 aliphatic heterocycles. The summed E-state index contributed by atoms with van der Waals surface area (Å²) in [5, 5.41) is 4.28. The van der Waals surface area contributed by atoms with E-state index in [1.54, 1.807) is 4.52 Å². The molecule has 0 saturated heterocycles. The Morgan fingerprint density at radius 3 is 3.00 bits per heavy atom. The highest BCUT2D eigenvalue weighted by Gasteiger charge is 2.04. The smallest absolute Gasteiger partial charge is 0.222 e. The highest BCUT2D eigenvalue weighted by Crippen LogP contribution is 2.17. The number of nitrogens with zero attached hydrogens (tertiary/aromatic N) is 3. The van der Waals surface area contributed by atoms with Gasteiger partial charge >= 0.3 is 0 Å². The summed E-state index contributed by atoms with van der Waals surface area (Å²) in [4.78, 5) is 4.03. The maximum Gasteiger partial charge on any atom is 0.241 e. The van der Waals surface area contributed by atoms with Crippen LogP contribution < -0.4 is 0 Å². The van der Waals surface area contributed by atoms with E-state index in [0.29, 0.717) is 0 Å². The van der Waals surface area contributed by atoms with Crippen molar-refractivity contribution in [1.82, 2.24) is 14.6 Å². The lowest BCUT2D eigenvalue weighted by Crippen LogP contribution is -1.97. The first-order valence-corrected chi connectivity index (χ1v) is 4.53. The predicted molar refractivity (Wildman–Crippen MR) is 50.4 cm³/mol. The monoisotopic (exact) mass is 245 g/mol. The molecule has 0 aliphatic carbocycles. The van der Waals surface area contributed by atoms with Crippen LogP contribution >= 0.6 is 27.5 Å². The van der Waals surface area contributed by atoms with Crippen LogP contribution in [0, 0.1) is 6.92 Å². The fraction of sp³-hybridized carbons (Fsp3) is 0.143. The molecule has 0 N–H and O–H groups in total. The summed E-state index contributed by atoms with van der Waals surface area (Å²) in [7, 11) is 0. The van der Waals surface area contributed by atoms with Crippen molar-refractivity contribution in [2.75, 3.05) is 0 Å². The molecule has 2 aromatic rings. The average Bonchev–Trinajstić information content (AvgIpc) is 2.33. The molecule has 0 bridgehead atoms. The topological polar surface area (TPSA) is 30.2 Å². The second kappa shape index (κ2) is 2.71. The lowest BCUT2D eigenvalue weighted by atomic mass is 10.4. The van der Waals surface area contributed by atoms with Crippen molar-refractivity contribution in [3.8, 4) is 0 Å². The molecule has 0 aliphatic rings. The number of halogens is 2. The van der Waals surface area contributed by atoms with Crippen LogP contribution in [0.25, 0.3) is 5.52 Å². The molecule has 0 unspecified atom stereocenters. The van der Waals surface area contributed by atoms with Gasteiger partial charge in [-0.3, -0.25) is 0 Å². The molecule has 0 aromatic carbocycles. The summed E-state index contributed by atoms with van der Waals surface area (Å²) in [5.74, 6) is 0. The Bertz CT molecular complexity index is 437. The summed E-state index contributed by atoms with van der Waals surface area (Å²) in [6, 6.07) is 3.85. The van der Waals surface area contributed by atoms with Gasteiger partial charge in [0.05, 0.1) is 11.2 Å². The third-order valence-corrected chi connectivity index (χ3v) is 2.38. The van der Waals surface area contributed by atoms with Gasteiger partial charge in [0.25, 0.3) is 0 Å². The fourth-order valence-electron chi connectivity index (χ4n) is 1.08. The maximum absolute atomic E-state index is 5.69. The van der Waals surface area contributed by atoms with Crippen molar-refractivity contribution in [1.29, 1.82) is 0 Å². The van der Waals surface area contributed by atoms with E-state index in [4.69, 9.17) is 11.6 Å². The number of hydrogen-bond acceptors (Lipinski definition) is 2. The Balaban J connectivity index is 2.92. The molecule has 5 heteroatoms. The van der Waals surface area contributed by atoms with Crippen LogP contribution in [0.1, 0.15) is 5.69 Å². The first-order chi connectivity index (χ1) is 5.68. The van der Waals surface area contributed by atoms with Gasteiger partial charge in [0.2, 0.25) is 5.28 Å². The number of aryl methyl sites for hydroxylation is 1. The van der Waals surface area contributed by atoms with E-state index >= 15 is 0 Å². The maximum atomic E-state index is 5.69. The van der Waals surface area contributed by atoms with Gasteiger partial charge in [-0.1, -0.05) is 0 Å². The van der Waals surface area contributed by atoms with Crippen LogP contribution in [0.15, 0.2) is 16.7 Å². The second-order valence-corrected chi connectivity index (χ2v) is 3.57. The molecule has 3 nitrogen and oxygen atoms in total. The lowest BCUT2D eigenvalue weighted by Gasteiger charge is -1.98. The number of hydrogen-bond donors (Lipinski definition) is 0. The van der Waals surface area contributed by atoms with Gasteiger partial charge in [0.1, 0.15) is 4.60 Å². The van der Waals surface area contributed by atoms with Crippen molar-refractivity contribution >= 4 is 33.0 Å². The van der Waals surface area contributed by atoms with Gasteiger partial charge in [0, 0.05) is 0 Å². The zero-order valence-electron chi connectivity index (χ0n) is 6.25. The highest BCUT2D eigenvalue weighted by atomic mass is 79.9. The molecule has 0 atom stereocenters. The Labute approximate surface area is 82.5 Å². The normalized spacial score (nSPS) is 10.9. The minimum atomic E-state index is 0.261. The number of aromatic nitrogens is 3. The third-order valence-electron chi connectivity index (χ3n) is 1.62. The summed E-state index contributed by atoms with van der Waals surface area (Å²) >= 11 is 9.04. The van der Waals surface area contributed by atoms with Crippen LogP contribution in [-0.2, 0) is 0 Å². The minimum Gasteiger partial charge on any atom is -0.222 e. The third kappa shape index (κ3) is 1.11. The molecule has 0 radical (unpaired) electrons. The quantitative estimate of drug-likeness (QED) is 0.715. The molecule has 12 heavy (non-hydrogen) atoms. The molecule has 0 fully saturated rings. The van der Waals surface area contributed by atoms with E-state index in [-0.39, 0.29) is 5.28 Å². The first kappa shape index (κ1) is 8.01. The van der Waals surface area contributed by atoms with Crippen LogP contribution in [0.3, 0.4) is 0 Å². The Morgan fingerprint density at radius 2 is 2.25 bits per heavy atom.